The molecule has 1 atom stereocenters. The van der Waals surface area contributed by atoms with Crippen molar-refractivity contribution in [2.45, 2.75) is 297 Å². The standard InChI is InChI=1S/C57H106O5/c1-4-7-10-13-16-19-22-24-26-28-29-30-31-33-36-38-41-44-47-50-56(58)61-54-55(62-57(59)51-48-45-42-39-35-21-18-15-12-9-6-3)53-60-52-49-46-43-40-37-34-32-27-25-23-20-17-14-11-8-5-2/h15-16,18-19,24,26,55H,4-14,17,20-23,25,27-54H2,1-3H3/b18-15-,19-16-,26-24-. The van der Waals surface area contributed by atoms with Crippen molar-refractivity contribution in [3.8, 4) is 0 Å². The molecule has 0 heterocycles. The predicted octanol–water partition coefficient (Wildman–Crippen LogP) is 18.6. The van der Waals surface area contributed by atoms with Crippen LogP contribution < -0.4 is 0 Å². The fourth-order valence-corrected chi connectivity index (χ4v) is 7.99. The number of allylic oxidation sites excluding steroid dienone is 6. The second kappa shape index (κ2) is 53.5. The highest BCUT2D eigenvalue weighted by Gasteiger charge is 2.17. The Bertz CT molecular complexity index is 986. The van der Waals surface area contributed by atoms with Crippen LogP contribution >= 0.6 is 0 Å². The lowest BCUT2D eigenvalue weighted by atomic mass is 10.0. The topological polar surface area (TPSA) is 61.8 Å². The van der Waals surface area contributed by atoms with E-state index in [-0.39, 0.29) is 25.2 Å². The van der Waals surface area contributed by atoms with E-state index in [0.717, 1.165) is 51.4 Å². The molecule has 0 rings (SSSR count). The Morgan fingerprint density at radius 1 is 0.355 bits per heavy atom. The number of hydrogen-bond donors (Lipinski definition) is 0. The number of esters is 2. The molecule has 0 fully saturated rings. The minimum atomic E-state index is -0.537. The molecule has 0 aliphatic carbocycles. The van der Waals surface area contributed by atoms with Gasteiger partial charge in [-0.25, -0.2) is 0 Å². The molecule has 1 unspecified atom stereocenters. The molecule has 0 saturated heterocycles. The largest absolute Gasteiger partial charge is 0.462 e. The van der Waals surface area contributed by atoms with Crippen molar-refractivity contribution in [3.05, 3.63) is 36.5 Å². The van der Waals surface area contributed by atoms with Crippen LogP contribution in [0.5, 0.6) is 0 Å². The molecule has 5 heteroatoms. The van der Waals surface area contributed by atoms with E-state index in [1.807, 2.05) is 0 Å². The molecule has 5 nitrogen and oxygen atoms in total. The summed E-state index contributed by atoms with van der Waals surface area (Å²) in [6.07, 6.45) is 64.4. The van der Waals surface area contributed by atoms with E-state index < -0.39 is 6.10 Å². The van der Waals surface area contributed by atoms with Gasteiger partial charge in [-0.05, 0) is 70.6 Å². The molecule has 0 aromatic heterocycles. The van der Waals surface area contributed by atoms with Crippen molar-refractivity contribution in [2.24, 2.45) is 0 Å². The second-order valence-corrected chi connectivity index (χ2v) is 18.5. The Kier molecular flexibility index (Phi) is 51.8. The van der Waals surface area contributed by atoms with Gasteiger partial charge in [0.2, 0.25) is 0 Å². The fraction of sp³-hybridized carbons (Fsp3) is 0.860. The SMILES string of the molecule is CCCC/C=C\CCCCCCCC(=O)OC(COCCCCCCCCCCCCCCCCCC)COC(=O)CCCCCCCCCCC/C=C\C/C=C\CCCCC. The van der Waals surface area contributed by atoms with Crippen LogP contribution in [0, 0.1) is 0 Å². The zero-order valence-electron chi connectivity index (χ0n) is 41.9. The smallest absolute Gasteiger partial charge is 0.306 e. The average molecular weight is 871 g/mol. The minimum Gasteiger partial charge on any atom is -0.462 e. The molecule has 0 saturated carbocycles. The van der Waals surface area contributed by atoms with E-state index in [1.165, 1.54) is 205 Å². The van der Waals surface area contributed by atoms with Gasteiger partial charge in [0.05, 0.1) is 6.61 Å². The number of carbonyl (C=O) groups excluding carboxylic acids is 2. The maximum absolute atomic E-state index is 12.8. The van der Waals surface area contributed by atoms with Crippen LogP contribution in [0.15, 0.2) is 36.5 Å². The van der Waals surface area contributed by atoms with Gasteiger partial charge >= 0.3 is 11.9 Å². The predicted molar refractivity (Wildman–Crippen MR) is 270 cm³/mol. The Morgan fingerprint density at radius 3 is 1.16 bits per heavy atom. The number of unbranched alkanes of at least 4 members (excludes halogenated alkanes) is 34. The normalized spacial score (nSPS) is 12.4. The van der Waals surface area contributed by atoms with Crippen molar-refractivity contribution in [3.63, 3.8) is 0 Å². The van der Waals surface area contributed by atoms with E-state index in [0.29, 0.717) is 19.4 Å². The minimum absolute atomic E-state index is 0.0846. The summed E-state index contributed by atoms with van der Waals surface area (Å²) >= 11 is 0. The van der Waals surface area contributed by atoms with Crippen molar-refractivity contribution in [2.75, 3.05) is 19.8 Å². The Labute approximate surface area is 387 Å². The van der Waals surface area contributed by atoms with E-state index >= 15 is 0 Å². The molecular weight excluding hydrogens is 765 g/mol. The van der Waals surface area contributed by atoms with Gasteiger partial charge in [0.15, 0.2) is 6.10 Å². The molecule has 0 aliphatic rings. The molecule has 0 bridgehead atoms. The molecule has 0 spiro atoms. The van der Waals surface area contributed by atoms with Crippen molar-refractivity contribution in [1.29, 1.82) is 0 Å². The van der Waals surface area contributed by atoms with Gasteiger partial charge in [-0.15, -0.1) is 0 Å². The van der Waals surface area contributed by atoms with Gasteiger partial charge in [-0.3, -0.25) is 9.59 Å². The molecule has 0 aliphatic heterocycles. The first-order chi connectivity index (χ1) is 30.6. The van der Waals surface area contributed by atoms with E-state index in [4.69, 9.17) is 14.2 Å². The van der Waals surface area contributed by atoms with Gasteiger partial charge in [0.25, 0.3) is 0 Å². The molecule has 0 aromatic rings. The monoisotopic (exact) mass is 871 g/mol. The highest BCUT2D eigenvalue weighted by Crippen LogP contribution is 2.16. The number of ether oxygens (including phenoxy) is 3. The molecule has 0 radical (unpaired) electrons. The second-order valence-electron chi connectivity index (χ2n) is 18.5. The van der Waals surface area contributed by atoms with E-state index in [9.17, 15) is 9.59 Å². The highest BCUT2D eigenvalue weighted by atomic mass is 16.6. The van der Waals surface area contributed by atoms with Gasteiger partial charge in [-0.1, -0.05) is 243 Å². The first-order valence-electron chi connectivity index (χ1n) is 27.5. The quantitative estimate of drug-likeness (QED) is 0.0346. The van der Waals surface area contributed by atoms with Crippen molar-refractivity contribution >= 4 is 11.9 Å². The van der Waals surface area contributed by atoms with Crippen LogP contribution in [0.2, 0.25) is 0 Å². The molecule has 62 heavy (non-hydrogen) atoms. The summed E-state index contributed by atoms with van der Waals surface area (Å²) in [7, 11) is 0. The number of carbonyl (C=O) groups is 2. The Hall–Kier alpha value is -1.88. The van der Waals surface area contributed by atoms with Crippen LogP contribution in [-0.2, 0) is 23.8 Å². The Morgan fingerprint density at radius 2 is 0.694 bits per heavy atom. The van der Waals surface area contributed by atoms with Gasteiger partial charge in [-0.2, -0.15) is 0 Å². The molecule has 0 aromatic carbocycles. The molecule has 0 N–H and O–H groups in total. The summed E-state index contributed by atoms with van der Waals surface area (Å²) in [5, 5.41) is 0. The maximum Gasteiger partial charge on any atom is 0.306 e. The Balaban J connectivity index is 4.18. The summed E-state index contributed by atoms with van der Waals surface area (Å²) in [4.78, 5) is 25.4. The van der Waals surface area contributed by atoms with Crippen molar-refractivity contribution < 1.29 is 23.8 Å². The number of rotatable bonds is 51. The average Bonchev–Trinajstić information content (AvgIpc) is 3.27. The number of hydrogen-bond acceptors (Lipinski definition) is 5. The van der Waals surface area contributed by atoms with E-state index in [1.54, 1.807) is 0 Å². The summed E-state index contributed by atoms with van der Waals surface area (Å²) in [5.41, 5.74) is 0. The zero-order chi connectivity index (χ0) is 44.9. The molecular formula is C57H106O5. The lowest BCUT2D eigenvalue weighted by Gasteiger charge is -2.18. The first kappa shape index (κ1) is 60.1. The summed E-state index contributed by atoms with van der Waals surface area (Å²) < 4.78 is 17.4. The summed E-state index contributed by atoms with van der Waals surface area (Å²) in [6, 6.07) is 0. The highest BCUT2D eigenvalue weighted by molar-refractivity contribution is 5.70. The van der Waals surface area contributed by atoms with Gasteiger partial charge < -0.3 is 14.2 Å². The summed E-state index contributed by atoms with van der Waals surface area (Å²) in [6.45, 7) is 7.81. The van der Waals surface area contributed by atoms with Crippen LogP contribution in [0.25, 0.3) is 0 Å². The zero-order valence-corrected chi connectivity index (χ0v) is 41.9. The van der Waals surface area contributed by atoms with Crippen LogP contribution in [-0.4, -0.2) is 37.9 Å². The first-order valence-corrected chi connectivity index (χ1v) is 27.5. The third-order valence-corrected chi connectivity index (χ3v) is 12.1. The summed E-state index contributed by atoms with van der Waals surface area (Å²) in [5.74, 6) is -0.398. The third kappa shape index (κ3) is 50.8. The lowest BCUT2D eigenvalue weighted by Crippen LogP contribution is -2.30. The van der Waals surface area contributed by atoms with Crippen LogP contribution in [0.1, 0.15) is 290 Å². The van der Waals surface area contributed by atoms with Crippen LogP contribution in [0.4, 0.5) is 0 Å². The van der Waals surface area contributed by atoms with Gasteiger partial charge in [0, 0.05) is 19.4 Å². The van der Waals surface area contributed by atoms with Gasteiger partial charge in [0.1, 0.15) is 6.61 Å². The third-order valence-electron chi connectivity index (χ3n) is 12.1. The van der Waals surface area contributed by atoms with E-state index in [2.05, 4.69) is 57.2 Å². The van der Waals surface area contributed by atoms with Crippen molar-refractivity contribution in [1.82, 2.24) is 0 Å². The van der Waals surface area contributed by atoms with Crippen LogP contribution in [0.3, 0.4) is 0 Å². The maximum atomic E-state index is 12.8. The fourth-order valence-electron chi connectivity index (χ4n) is 7.99. The molecule has 364 valence electrons. The lowest BCUT2D eigenvalue weighted by molar-refractivity contribution is -0.163. The molecule has 0 amide bonds.